The van der Waals surface area contributed by atoms with E-state index in [0.29, 0.717) is 6.04 Å². The number of thiophene rings is 2. The molecule has 2 aromatic carbocycles. The van der Waals surface area contributed by atoms with Gasteiger partial charge >= 0.3 is 0 Å². The van der Waals surface area contributed by atoms with Crippen molar-refractivity contribution in [2.45, 2.75) is 25.4 Å². The summed E-state index contributed by atoms with van der Waals surface area (Å²) in [5.41, 5.74) is 4.86. The molecule has 1 saturated heterocycles. The molecule has 4 heterocycles. The van der Waals surface area contributed by atoms with E-state index in [-0.39, 0.29) is 0 Å². The molecule has 6 heteroatoms. The van der Waals surface area contributed by atoms with Crippen LogP contribution in [0.1, 0.15) is 18.4 Å². The van der Waals surface area contributed by atoms with Gasteiger partial charge in [-0.2, -0.15) is 11.3 Å². The molecule has 4 nitrogen and oxygen atoms in total. The first-order valence-corrected chi connectivity index (χ1v) is 13.6. The summed E-state index contributed by atoms with van der Waals surface area (Å²) in [6, 6.07) is 23.9. The average Bonchev–Trinajstić information content (AvgIpc) is 3.65. The van der Waals surface area contributed by atoms with Gasteiger partial charge in [0.15, 0.2) is 5.82 Å². The van der Waals surface area contributed by atoms with E-state index in [0.717, 1.165) is 47.1 Å². The largest absolute Gasteiger partial charge is 0.368 e. The Morgan fingerprint density at radius 2 is 1.74 bits per heavy atom. The molecule has 0 radical (unpaired) electrons. The third-order valence-electron chi connectivity index (χ3n) is 6.53. The van der Waals surface area contributed by atoms with Crippen LogP contribution in [0.5, 0.6) is 0 Å². The maximum Gasteiger partial charge on any atom is 0.163 e. The summed E-state index contributed by atoms with van der Waals surface area (Å²) in [4.78, 5) is 13.6. The molecule has 3 aromatic heterocycles. The summed E-state index contributed by atoms with van der Waals surface area (Å²) in [6.07, 6.45) is 2.45. The van der Waals surface area contributed by atoms with Crippen molar-refractivity contribution in [3.63, 3.8) is 0 Å². The van der Waals surface area contributed by atoms with E-state index in [1.54, 1.807) is 22.7 Å². The second-order valence-corrected chi connectivity index (χ2v) is 10.4. The van der Waals surface area contributed by atoms with Crippen LogP contribution in [0.15, 0.2) is 82.9 Å². The quantitative estimate of drug-likeness (QED) is 0.267. The summed E-state index contributed by atoms with van der Waals surface area (Å²) in [7, 11) is 0. The van der Waals surface area contributed by atoms with Crippen molar-refractivity contribution in [2.75, 3.05) is 18.4 Å². The van der Waals surface area contributed by atoms with Crippen molar-refractivity contribution >= 4 is 38.7 Å². The molecule has 1 atom stereocenters. The number of fused-ring (bicyclic) bond motifs is 1. The summed E-state index contributed by atoms with van der Waals surface area (Å²) >= 11 is 3.38. The summed E-state index contributed by atoms with van der Waals surface area (Å²) in [6.45, 7) is 3.03. The number of rotatable bonds is 7. The van der Waals surface area contributed by atoms with Gasteiger partial charge in [0.1, 0.15) is 10.6 Å². The second kappa shape index (κ2) is 9.66. The van der Waals surface area contributed by atoms with Crippen LogP contribution in [-0.2, 0) is 6.54 Å². The molecule has 6 rings (SSSR count). The minimum atomic E-state index is 0.494. The number of aromatic nitrogens is 2. The highest BCUT2D eigenvalue weighted by molar-refractivity contribution is 7.17. The van der Waals surface area contributed by atoms with Gasteiger partial charge < -0.3 is 5.32 Å². The molecule has 0 bridgehead atoms. The van der Waals surface area contributed by atoms with Crippen LogP contribution >= 0.6 is 22.7 Å². The molecule has 0 amide bonds. The Hall–Kier alpha value is -3.06. The first-order valence-electron chi connectivity index (χ1n) is 11.7. The van der Waals surface area contributed by atoms with Gasteiger partial charge in [-0.3, -0.25) is 4.90 Å². The lowest BCUT2D eigenvalue weighted by atomic mass is 10.1. The van der Waals surface area contributed by atoms with E-state index in [2.05, 4.69) is 93.1 Å². The number of hydrogen-bond donors (Lipinski definition) is 1. The van der Waals surface area contributed by atoms with E-state index in [9.17, 15) is 0 Å². The molecule has 1 unspecified atom stereocenters. The molecule has 1 fully saturated rings. The van der Waals surface area contributed by atoms with Crippen LogP contribution in [0, 0.1) is 0 Å². The van der Waals surface area contributed by atoms with Gasteiger partial charge in [-0.1, -0.05) is 60.7 Å². The number of likely N-dealkylation sites (tertiary alicyclic amines) is 1. The number of hydrogen-bond acceptors (Lipinski definition) is 6. The van der Waals surface area contributed by atoms with Crippen LogP contribution in [0.3, 0.4) is 0 Å². The van der Waals surface area contributed by atoms with Crippen molar-refractivity contribution in [2.24, 2.45) is 0 Å². The number of benzene rings is 2. The van der Waals surface area contributed by atoms with Gasteiger partial charge in [-0.05, 0) is 42.0 Å². The highest BCUT2D eigenvalue weighted by Crippen LogP contribution is 2.38. The molecule has 1 N–H and O–H groups in total. The summed E-state index contributed by atoms with van der Waals surface area (Å²) in [5, 5.41) is 11.3. The minimum Gasteiger partial charge on any atom is -0.368 e. The fourth-order valence-electron chi connectivity index (χ4n) is 4.79. The molecular formula is C28H26N4S2. The Kier molecular flexibility index (Phi) is 6.10. The lowest BCUT2D eigenvalue weighted by Crippen LogP contribution is -2.34. The van der Waals surface area contributed by atoms with Crippen LogP contribution in [-0.4, -0.2) is 34.0 Å². The Balaban J connectivity index is 1.32. The number of anilines is 1. The smallest absolute Gasteiger partial charge is 0.163 e. The standard InChI is InChI=1S/C28H26N4S2/c1-3-8-20(9-4-1)17-32-14-7-12-23(32)16-29-27-25-24(21-10-5-2-6-11-21)19-34-28(25)31-26(30-27)22-13-15-33-18-22/h1-6,8-11,13,15,18-19,23H,7,12,14,16-17H2,(H,29,30,31). The molecular weight excluding hydrogens is 456 g/mol. The zero-order chi connectivity index (χ0) is 22.7. The summed E-state index contributed by atoms with van der Waals surface area (Å²) in [5.74, 6) is 1.74. The van der Waals surface area contributed by atoms with Crippen LogP contribution in [0.4, 0.5) is 5.82 Å². The molecule has 0 aliphatic carbocycles. The zero-order valence-electron chi connectivity index (χ0n) is 18.9. The summed E-state index contributed by atoms with van der Waals surface area (Å²) < 4.78 is 0. The van der Waals surface area contributed by atoms with Gasteiger partial charge in [0.25, 0.3) is 0 Å². The molecule has 5 aromatic rings. The van der Waals surface area contributed by atoms with Gasteiger partial charge in [-0.15, -0.1) is 11.3 Å². The van der Waals surface area contributed by atoms with Crippen molar-refractivity contribution < 1.29 is 0 Å². The fraction of sp³-hybridized carbons (Fsp3) is 0.214. The van der Waals surface area contributed by atoms with E-state index in [1.807, 2.05) is 0 Å². The molecule has 1 aliphatic heterocycles. The number of nitrogens with zero attached hydrogens (tertiary/aromatic N) is 3. The molecule has 34 heavy (non-hydrogen) atoms. The van der Waals surface area contributed by atoms with Crippen molar-refractivity contribution in [1.82, 2.24) is 14.9 Å². The van der Waals surface area contributed by atoms with Gasteiger partial charge in [0.2, 0.25) is 0 Å². The monoisotopic (exact) mass is 482 g/mol. The van der Waals surface area contributed by atoms with Gasteiger partial charge in [0.05, 0.1) is 5.39 Å². The molecule has 0 spiro atoms. The molecule has 170 valence electrons. The second-order valence-electron chi connectivity index (χ2n) is 8.74. The maximum absolute atomic E-state index is 5.04. The van der Waals surface area contributed by atoms with Crippen molar-refractivity contribution in [1.29, 1.82) is 0 Å². The lowest BCUT2D eigenvalue weighted by molar-refractivity contribution is 0.254. The Morgan fingerprint density at radius 1 is 0.912 bits per heavy atom. The highest BCUT2D eigenvalue weighted by Gasteiger charge is 2.25. The van der Waals surface area contributed by atoms with E-state index in [1.165, 1.54) is 29.5 Å². The average molecular weight is 483 g/mol. The SMILES string of the molecule is c1ccc(CN2CCCC2CNc2nc(-c3ccsc3)nc3scc(-c4ccccc4)c23)cc1. The van der Waals surface area contributed by atoms with Crippen molar-refractivity contribution in [3.05, 3.63) is 88.4 Å². The Bertz CT molecular complexity index is 1360. The lowest BCUT2D eigenvalue weighted by Gasteiger charge is -2.25. The minimum absolute atomic E-state index is 0.494. The predicted octanol–water partition coefficient (Wildman–Crippen LogP) is 7.16. The van der Waals surface area contributed by atoms with Gasteiger partial charge in [-0.25, -0.2) is 9.97 Å². The van der Waals surface area contributed by atoms with Crippen LogP contribution in [0.25, 0.3) is 32.7 Å². The first-order chi connectivity index (χ1) is 16.8. The van der Waals surface area contributed by atoms with Crippen molar-refractivity contribution in [3.8, 4) is 22.5 Å². The third-order valence-corrected chi connectivity index (χ3v) is 8.09. The fourth-order valence-corrected chi connectivity index (χ4v) is 6.37. The molecule has 1 aliphatic rings. The maximum atomic E-state index is 5.04. The Labute approximate surface area is 207 Å². The van der Waals surface area contributed by atoms with Gasteiger partial charge in [0, 0.05) is 41.0 Å². The number of nitrogens with one attached hydrogen (secondary N) is 1. The van der Waals surface area contributed by atoms with E-state index >= 15 is 0 Å². The first kappa shape index (κ1) is 21.5. The highest BCUT2D eigenvalue weighted by atomic mass is 32.1. The third kappa shape index (κ3) is 4.37. The van der Waals surface area contributed by atoms with E-state index < -0.39 is 0 Å². The normalized spacial score (nSPS) is 16.3. The zero-order valence-corrected chi connectivity index (χ0v) is 20.5. The Morgan fingerprint density at radius 3 is 2.53 bits per heavy atom. The predicted molar refractivity (Wildman–Crippen MR) is 145 cm³/mol. The molecule has 0 saturated carbocycles. The van der Waals surface area contributed by atoms with E-state index in [4.69, 9.17) is 9.97 Å². The topological polar surface area (TPSA) is 41.0 Å². The van der Waals surface area contributed by atoms with Crippen LogP contribution < -0.4 is 5.32 Å². The van der Waals surface area contributed by atoms with Crippen LogP contribution in [0.2, 0.25) is 0 Å².